The van der Waals surface area contributed by atoms with Crippen molar-refractivity contribution in [2.75, 3.05) is 20.8 Å². The molecule has 1 aliphatic carbocycles. The first-order chi connectivity index (χ1) is 17.1. The second-order valence-electron chi connectivity index (χ2n) is 9.74. The van der Waals surface area contributed by atoms with Crippen LogP contribution in [0.4, 0.5) is 0 Å². The maximum Gasteiger partial charge on any atom is 0.335 e. The van der Waals surface area contributed by atoms with Crippen molar-refractivity contribution in [2.45, 2.75) is 108 Å². The Morgan fingerprint density at radius 2 is 1.33 bits per heavy atom. The molecule has 0 spiro atoms. The quantitative estimate of drug-likeness (QED) is 0.227. The molecule has 208 valence electrons. The third-order valence-electron chi connectivity index (χ3n) is 7.27. The Labute approximate surface area is 212 Å². The number of carbonyl (C=O) groups is 3. The highest BCUT2D eigenvalue weighted by molar-refractivity contribution is 6.02. The average molecular weight is 519 g/mol. The highest BCUT2D eigenvalue weighted by Gasteiger charge is 2.48. The molecule has 0 amide bonds. The number of Topliss-reactive ketones (excluding diaryl/α,β-unsaturated/α-hetero) is 2. The summed E-state index contributed by atoms with van der Waals surface area (Å²) in [6.45, 7) is 2.03. The number of unbranched alkanes of at least 4 members (excludes halogenated alkanes) is 7. The maximum atomic E-state index is 12.7. The van der Waals surface area contributed by atoms with Crippen LogP contribution in [0, 0.1) is 11.8 Å². The van der Waals surface area contributed by atoms with Crippen molar-refractivity contribution in [1.29, 1.82) is 0 Å². The number of methoxy groups -OCH3 is 2. The lowest BCUT2D eigenvalue weighted by Gasteiger charge is -2.38. The van der Waals surface area contributed by atoms with Crippen LogP contribution < -0.4 is 0 Å². The molecule has 1 heterocycles. The van der Waals surface area contributed by atoms with Crippen LogP contribution in [-0.4, -0.2) is 102 Å². The number of rotatable bonds is 15. The van der Waals surface area contributed by atoms with Crippen molar-refractivity contribution < 1.29 is 53.8 Å². The first-order valence-corrected chi connectivity index (χ1v) is 12.8. The van der Waals surface area contributed by atoms with Crippen LogP contribution >= 0.6 is 0 Å². The molecule has 36 heavy (non-hydrogen) atoms. The minimum Gasteiger partial charge on any atom is -0.479 e. The molecule has 2 rings (SSSR count). The van der Waals surface area contributed by atoms with E-state index >= 15 is 0 Å². The standard InChI is InChI=1S/C25H42O11/c1-14-15(17(27)22(34-3)21(33-2)16(14)26)12-10-8-6-4-5-7-9-11-13-35-25-20(30)18(28)19(29)23(36-25)24(31)32/h14-15,18-23,25,28-30H,4-13H2,1-3H3,(H,31,32). The normalized spacial score (nSPS) is 35.2. The van der Waals surface area contributed by atoms with Crippen molar-refractivity contribution in [3.63, 3.8) is 0 Å². The summed E-state index contributed by atoms with van der Waals surface area (Å²) in [5.41, 5.74) is 0. The first kappa shape index (κ1) is 30.8. The lowest BCUT2D eigenvalue weighted by molar-refractivity contribution is -0.294. The molecule has 9 atom stereocenters. The molecule has 0 aromatic heterocycles. The van der Waals surface area contributed by atoms with E-state index < -0.39 is 48.9 Å². The summed E-state index contributed by atoms with van der Waals surface area (Å²) in [6, 6.07) is 0. The van der Waals surface area contributed by atoms with Gasteiger partial charge in [-0.15, -0.1) is 0 Å². The van der Waals surface area contributed by atoms with E-state index in [9.17, 15) is 29.7 Å². The monoisotopic (exact) mass is 518 g/mol. The van der Waals surface area contributed by atoms with Gasteiger partial charge in [-0.3, -0.25) is 9.59 Å². The molecular formula is C25H42O11. The zero-order valence-corrected chi connectivity index (χ0v) is 21.4. The Morgan fingerprint density at radius 3 is 1.89 bits per heavy atom. The van der Waals surface area contributed by atoms with E-state index in [1.165, 1.54) is 14.2 Å². The largest absolute Gasteiger partial charge is 0.479 e. The minimum absolute atomic E-state index is 0.0472. The number of aliphatic hydroxyl groups is 3. The fourth-order valence-corrected chi connectivity index (χ4v) is 5.00. The molecule has 1 saturated heterocycles. The maximum absolute atomic E-state index is 12.7. The molecule has 4 N–H and O–H groups in total. The molecule has 0 radical (unpaired) electrons. The summed E-state index contributed by atoms with van der Waals surface area (Å²) in [5.74, 6) is -2.24. The average Bonchev–Trinajstić information content (AvgIpc) is 2.85. The molecule has 0 aromatic rings. The SMILES string of the molecule is COC1C(=O)C(C)C(CCCCCCCCCCOC2OC(C(=O)O)C(O)C(O)C2O)C(=O)C1OC. The Kier molecular flexibility index (Phi) is 12.9. The number of carbonyl (C=O) groups excluding carboxylic acids is 2. The first-order valence-electron chi connectivity index (χ1n) is 12.8. The number of aliphatic hydroxyl groups excluding tert-OH is 3. The molecule has 11 nitrogen and oxygen atoms in total. The van der Waals surface area contributed by atoms with E-state index in [1.54, 1.807) is 6.92 Å². The zero-order valence-electron chi connectivity index (χ0n) is 21.4. The van der Waals surface area contributed by atoms with Gasteiger partial charge in [0.25, 0.3) is 0 Å². The Bertz CT molecular complexity index is 714. The molecule has 2 aliphatic rings. The van der Waals surface area contributed by atoms with Crippen molar-refractivity contribution in [2.24, 2.45) is 11.8 Å². The number of carboxylic acids is 1. The van der Waals surface area contributed by atoms with E-state index in [1.807, 2.05) is 0 Å². The van der Waals surface area contributed by atoms with Crippen molar-refractivity contribution in [3.8, 4) is 0 Å². The summed E-state index contributed by atoms with van der Waals surface area (Å²) in [5, 5.41) is 38.4. The molecule has 9 unspecified atom stereocenters. The van der Waals surface area contributed by atoms with Gasteiger partial charge in [0.2, 0.25) is 0 Å². The molecule has 1 aliphatic heterocycles. The molecule has 1 saturated carbocycles. The van der Waals surface area contributed by atoms with Crippen molar-refractivity contribution in [1.82, 2.24) is 0 Å². The summed E-state index contributed by atoms with van der Waals surface area (Å²) in [6.07, 6.45) is -1.32. The Balaban J connectivity index is 1.55. The van der Waals surface area contributed by atoms with Crippen LogP contribution in [0.15, 0.2) is 0 Å². The summed E-state index contributed by atoms with van der Waals surface area (Å²) >= 11 is 0. The lowest BCUT2D eigenvalue weighted by Crippen LogP contribution is -2.60. The van der Waals surface area contributed by atoms with Gasteiger partial charge in [-0.05, 0) is 12.8 Å². The van der Waals surface area contributed by atoms with Crippen LogP contribution in [0.25, 0.3) is 0 Å². The molecule has 11 heteroatoms. The van der Waals surface area contributed by atoms with Gasteiger partial charge >= 0.3 is 5.97 Å². The van der Waals surface area contributed by atoms with Gasteiger partial charge in [0.1, 0.15) is 30.5 Å². The number of hydrogen-bond acceptors (Lipinski definition) is 10. The van der Waals surface area contributed by atoms with Gasteiger partial charge in [0, 0.05) is 32.7 Å². The van der Waals surface area contributed by atoms with Crippen LogP contribution in [0.2, 0.25) is 0 Å². The third-order valence-corrected chi connectivity index (χ3v) is 7.27. The van der Waals surface area contributed by atoms with E-state index in [0.717, 1.165) is 44.9 Å². The third kappa shape index (κ3) is 7.77. The number of aliphatic carboxylic acids is 1. The van der Waals surface area contributed by atoms with E-state index in [-0.39, 0.29) is 30.0 Å². The van der Waals surface area contributed by atoms with Gasteiger partial charge in [-0.25, -0.2) is 4.79 Å². The highest BCUT2D eigenvalue weighted by Crippen LogP contribution is 2.31. The summed E-state index contributed by atoms with van der Waals surface area (Å²) in [7, 11) is 2.85. The van der Waals surface area contributed by atoms with E-state index in [0.29, 0.717) is 12.8 Å². The number of carboxylic acid groups (broad SMARTS) is 1. The van der Waals surface area contributed by atoms with Gasteiger partial charge in [-0.1, -0.05) is 51.9 Å². The molecule has 2 fully saturated rings. The second kappa shape index (κ2) is 15.1. The topological polar surface area (TPSA) is 169 Å². The molecule has 0 aromatic carbocycles. The second-order valence-corrected chi connectivity index (χ2v) is 9.74. The lowest BCUT2D eigenvalue weighted by atomic mass is 9.73. The van der Waals surface area contributed by atoms with Crippen LogP contribution in [0.1, 0.15) is 64.7 Å². The predicted molar refractivity (Wildman–Crippen MR) is 126 cm³/mol. The van der Waals surface area contributed by atoms with Crippen LogP contribution in [0.5, 0.6) is 0 Å². The smallest absolute Gasteiger partial charge is 0.335 e. The number of hydrogen-bond donors (Lipinski definition) is 4. The predicted octanol–water partition coefficient (Wildman–Crippen LogP) is 0.840. The number of ether oxygens (including phenoxy) is 4. The van der Waals surface area contributed by atoms with Gasteiger partial charge < -0.3 is 39.4 Å². The fraction of sp³-hybridized carbons (Fsp3) is 0.880. The van der Waals surface area contributed by atoms with Crippen LogP contribution in [-0.2, 0) is 33.3 Å². The van der Waals surface area contributed by atoms with Crippen LogP contribution in [0.3, 0.4) is 0 Å². The van der Waals surface area contributed by atoms with Gasteiger partial charge in [0.15, 0.2) is 24.0 Å². The summed E-state index contributed by atoms with van der Waals surface area (Å²) < 4.78 is 20.9. The summed E-state index contributed by atoms with van der Waals surface area (Å²) in [4.78, 5) is 36.3. The van der Waals surface area contributed by atoms with E-state index in [2.05, 4.69) is 0 Å². The van der Waals surface area contributed by atoms with Crippen molar-refractivity contribution >= 4 is 17.5 Å². The Morgan fingerprint density at radius 1 is 0.806 bits per heavy atom. The number of ketones is 2. The fourth-order valence-electron chi connectivity index (χ4n) is 5.00. The Hall–Kier alpha value is -1.47. The van der Waals surface area contributed by atoms with Gasteiger partial charge in [0.05, 0.1) is 0 Å². The molecule has 0 bridgehead atoms. The highest BCUT2D eigenvalue weighted by atomic mass is 16.7. The van der Waals surface area contributed by atoms with Gasteiger partial charge in [-0.2, -0.15) is 0 Å². The van der Waals surface area contributed by atoms with E-state index in [4.69, 9.17) is 24.1 Å². The zero-order chi connectivity index (χ0) is 26.8. The van der Waals surface area contributed by atoms with Crippen molar-refractivity contribution in [3.05, 3.63) is 0 Å². The molecular weight excluding hydrogens is 476 g/mol. The minimum atomic E-state index is -1.73.